The van der Waals surface area contributed by atoms with Crippen molar-refractivity contribution in [2.45, 2.75) is 46.5 Å². The Kier molecular flexibility index (Phi) is 7.23. The molecule has 0 N–H and O–H groups in total. The van der Waals surface area contributed by atoms with Gasteiger partial charge in [0.15, 0.2) is 0 Å². The zero-order valence-electron chi connectivity index (χ0n) is 7.98. The van der Waals surface area contributed by atoms with E-state index in [1.54, 1.807) is 0 Å². The number of allylic oxidation sites excluding steroid dienone is 4. The lowest BCUT2D eigenvalue weighted by molar-refractivity contribution is 0.812. The minimum atomic E-state index is 0.978. The number of hydrogen-bond donors (Lipinski definition) is 0. The van der Waals surface area contributed by atoms with Crippen LogP contribution >= 0.6 is 0 Å². The highest BCUT2D eigenvalue weighted by Crippen LogP contribution is 1.97. The third-order valence-corrected chi connectivity index (χ3v) is 1.47. The Morgan fingerprint density at radius 1 is 1.36 bits per heavy atom. The zero-order valence-corrected chi connectivity index (χ0v) is 7.98. The van der Waals surface area contributed by atoms with E-state index in [9.17, 15) is 0 Å². The van der Waals surface area contributed by atoms with Crippen LogP contribution in [0.4, 0.5) is 0 Å². The van der Waals surface area contributed by atoms with Crippen molar-refractivity contribution in [1.82, 2.24) is 0 Å². The van der Waals surface area contributed by atoms with Crippen molar-refractivity contribution in [2.75, 3.05) is 0 Å². The van der Waals surface area contributed by atoms with Gasteiger partial charge in [-0.05, 0) is 32.8 Å². The lowest BCUT2D eigenvalue weighted by atomic mass is 10.2. The monoisotopic (exact) mass is 151 g/mol. The van der Waals surface area contributed by atoms with Gasteiger partial charge in [-0.2, -0.15) is 0 Å². The molecule has 0 nitrogen and oxygen atoms in total. The second kappa shape index (κ2) is 7.59. The molecule has 0 heteroatoms. The molecule has 0 bridgehead atoms. The zero-order chi connectivity index (χ0) is 8.53. The topological polar surface area (TPSA) is 0 Å². The summed E-state index contributed by atoms with van der Waals surface area (Å²) in [6.07, 6.45) is 12.3. The van der Waals surface area contributed by atoms with Crippen LogP contribution in [0.5, 0.6) is 0 Å². The lowest BCUT2D eigenvalue weighted by Crippen LogP contribution is -1.68. The van der Waals surface area contributed by atoms with Crippen molar-refractivity contribution in [1.29, 1.82) is 0 Å². The van der Waals surface area contributed by atoms with Gasteiger partial charge in [-0.15, -0.1) is 0 Å². The first kappa shape index (κ1) is 10.5. The van der Waals surface area contributed by atoms with E-state index in [-0.39, 0.29) is 0 Å². The van der Waals surface area contributed by atoms with Crippen molar-refractivity contribution < 1.29 is 0 Å². The highest BCUT2D eigenvalue weighted by Gasteiger charge is 1.78. The maximum Gasteiger partial charge on any atom is -0.00954 e. The van der Waals surface area contributed by atoms with Crippen LogP contribution in [0.1, 0.15) is 46.5 Å². The molecule has 0 saturated heterocycles. The van der Waals surface area contributed by atoms with E-state index in [0.29, 0.717) is 0 Å². The highest BCUT2D eigenvalue weighted by atomic mass is 13.8. The largest absolute Gasteiger partial charge is 0.0815 e. The van der Waals surface area contributed by atoms with Gasteiger partial charge in [0.2, 0.25) is 0 Å². The minimum Gasteiger partial charge on any atom is -0.0815 e. The molecule has 0 saturated carbocycles. The quantitative estimate of drug-likeness (QED) is 0.413. The van der Waals surface area contributed by atoms with E-state index in [2.05, 4.69) is 39.0 Å². The van der Waals surface area contributed by atoms with E-state index < -0.39 is 0 Å². The molecule has 63 valence electrons. The molecule has 11 heavy (non-hydrogen) atoms. The number of rotatable bonds is 5. The van der Waals surface area contributed by atoms with Gasteiger partial charge in [0.1, 0.15) is 0 Å². The fourth-order valence-electron chi connectivity index (χ4n) is 0.755. The van der Waals surface area contributed by atoms with Gasteiger partial charge >= 0.3 is 0 Å². The molecule has 0 aliphatic rings. The molecule has 0 amide bonds. The van der Waals surface area contributed by atoms with Crippen LogP contribution in [-0.2, 0) is 0 Å². The summed E-state index contributed by atoms with van der Waals surface area (Å²) in [4.78, 5) is 0. The SMILES string of the molecule is CCCC/C=[C]/CC=C(C)C. The van der Waals surface area contributed by atoms with Crippen LogP contribution in [0, 0.1) is 6.08 Å². The summed E-state index contributed by atoms with van der Waals surface area (Å²) in [5.41, 5.74) is 1.38. The molecule has 0 fully saturated rings. The predicted octanol–water partition coefficient (Wildman–Crippen LogP) is 3.89. The maximum absolute atomic E-state index is 3.25. The van der Waals surface area contributed by atoms with Crippen LogP contribution in [0.15, 0.2) is 17.7 Å². The molecule has 0 aromatic heterocycles. The standard InChI is InChI=1S/C11H19/c1-4-5-6-7-8-9-10-11(2)3/h7,10H,4-6,9H2,1-3H3. The second-order valence-corrected chi connectivity index (χ2v) is 3.04. The van der Waals surface area contributed by atoms with Gasteiger partial charge in [-0.25, -0.2) is 0 Å². The Hall–Kier alpha value is -0.520. The molecule has 0 unspecified atom stereocenters. The summed E-state index contributed by atoms with van der Waals surface area (Å²) in [5.74, 6) is 0. The smallest absolute Gasteiger partial charge is 0.00954 e. The normalized spacial score (nSPS) is 10.5. The van der Waals surface area contributed by atoms with E-state index in [1.165, 1.54) is 24.8 Å². The Labute approximate surface area is 71.0 Å². The van der Waals surface area contributed by atoms with E-state index in [4.69, 9.17) is 0 Å². The van der Waals surface area contributed by atoms with Crippen molar-refractivity contribution in [2.24, 2.45) is 0 Å². The summed E-state index contributed by atoms with van der Waals surface area (Å²) >= 11 is 0. The first-order chi connectivity index (χ1) is 5.27. The average Bonchev–Trinajstić information content (AvgIpc) is 1.96. The Morgan fingerprint density at radius 3 is 2.64 bits per heavy atom. The van der Waals surface area contributed by atoms with Crippen LogP contribution < -0.4 is 0 Å². The van der Waals surface area contributed by atoms with Crippen LogP contribution in [0.2, 0.25) is 0 Å². The van der Waals surface area contributed by atoms with Gasteiger partial charge in [0.05, 0.1) is 0 Å². The van der Waals surface area contributed by atoms with Crippen molar-refractivity contribution in [3.05, 3.63) is 23.8 Å². The number of unbranched alkanes of at least 4 members (excludes halogenated alkanes) is 2. The molecule has 0 atom stereocenters. The summed E-state index contributed by atoms with van der Waals surface area (Å²) in [7, 11) is 0. The van der Waals surface area contributed by atoms with E-state index in [0.717, 1.165) is 6.42 Å². The lowest BCUT2D eigenvalue weighted by Gasteiger charge is -1.87. The van der Waals surface area contributed by atoms with Crippen LogP contribution in [0.25, 0.3) is 0 Å². The Balaban J connectivity index is 3.23. The molecule has 1 radical (unpaired) electrons. The van der Waals surface area contributed by atoms with Crippen molar-refractivity contribution in [3.63, 3.8) is 0 Å². The molecule has 0 aromatic carbocycles. The van der Waals surface area contributed by atoms with Gasteiger partial charge < -0.3 is 0 Å². The highest BCUT2D eigenvalue weighted by molar-refractivity contribution is 4.95. The first-order valence-corrected chi connectivity index (χ1v) is 4.45. The predicted molar refractivity (Wildman–Crippen MR) is 51.4 cm³/mol. The molecule has 0 rings (SSSR count). The molecular weight excluding hydrogens is 132 g/mol. The summed E-state index contributed by atoms with van der Waals surface area (Å²) in [6.45, 7) is 6.45. The van der Waals surface area contributed by atoms with Crippen LogP contribution in [0.3, 0.4) is 0 Å². The second-order valence-electron chi connectivity index (χ2n) is 3.04. The molecule has 0 aliphatic carbocycles. The Bertz CT molecular complexity index is 125. The molecule has 0 heterocycles. The Morgan fingerprint density at radius 2 is 2.09 bits per heavy atom. The minimum absolute atomic E-state index is 0.978. The molecule has 0 aliphatic heterocycles. The van der Waals surface area contributed by atoms with Gasteiger partial charge in [-0.3, -0.25) is 0 Å². The first-order valence-electron chi connectivity index (χ1n) is 4.45. The average molecular weight is 151 g/mol. The third-order valence-electron chi connectivity index (χ3n) is 1.47. The van der Waals surface area contributed by atoms with E-state index in [1.807, 2.05) is 0 Å². The molecule has 0 aromatic rings. The fraction of sp³-hybridized carbons (Fsp3) is 0.636. The van der Waals surface area contributed by atoms with Gasteiger partial charge in [-0.1, -0.05) is 37.5 Å². The van der Waals surface area contributed by atoms with Crippen LogP contribution in [-0.4, -0.2) is 0 Å². The molecular formula is C11H19. The number of hydrogen-bond acceptors (Lipinski definition) is 0. The summed E-state index contributed by atoms with van der Waals surface area (Å²) in [5, 5.41) is 0. The van der Waals surface area contributed by atoms with E-state index >= 15 is 0 Å². The molecule has 0 spiro atoms. The summed E-state index contributed by atoms with van der Waals surface area (Å²) in [6, 6.07) is 0. The van der Waals surface area contributed by atoms with Gasteiger partial charge in [0, 0.05) is 0 Å². The fourth-order valence-corrected chi connectivity index (χ4v) is 0.755. The van der Waals surface area contributed by atoms with Crippen molar-refractivity contribution >= 4 is 0 Å². The summed E-state index contributed by atoms with van der Waals surface area (Å²) < 4.78 is 0. The maximum atomic E-state index is 3.25. The van der Waals surface area contributed by atoms with Crippen molar-refractivity contribution in [3.8, 4) is 0 Å². The van der Waals surface area contributed by atoms with Gasteiger partial charge in [0.25, 0.3) is 0 Å². The third kappa shape index (κ3) is 9.48.